The maximum atomic E-state index is 13.9. The molecule has 0 bridgehead atoms. The minimum absolute atomic E-state index is 0.172. The fourth-order valence-electron chi connectivity index (χ4n) is 5.96. The van der Waals surface area contributed by atoms with E-state index in [1.807, 2.05) is 17.0 Å². The molecule has 0 spiro atoms. The van der Waals surface area contributed by atoms with Crippen molar-refractivity contribution in [2.24, 2.45) is 0 Å². The summed E-state index contributed by atoms with van der Waals surface area (Å²) in [7, 11) is 2.12. The van der Waals surface area contributed by atoms with Crippen LogP contribution in [-0.4, -0.2) is 65.4 Å². The van der Waals surface area contributed by atoms with E-state index in [1.54, 1.807) is 0 Å². The van der Waals surface area contributed by atoms with Gasteiger partial charge in [0.15, 0.2) is 0 Å². The highest BCUT2D eigenvalue weighted by Crippen LogP contribution is 2.38. The number of benzene rings is 4. The Morgan fingerprint density at radius 1 is 0.810 bits per heavy atom. The molecule has 1 aliphatic heterocycles. The Bertz CT molecular complexity index is 1630. The van der Waals surface area contributed by atoms with Crippen LogP contribution in [0.25, 0.3) is 22.2 Å². The van der Waals surface area contributed by atoms with Crippen molar-refractivity contribution in [3.8, 4) is 11.3 Å². The van der Waals surface area contributed by atoms with Crippen molar-refractivity contribution in [2.45, 2.75) is 19.5 Å². The molecule has 1 amide bonds. The second-order valence-electron chi connectivity index (χ2n) is 11.4. The van der Waals surface area contributed by atoms with Crippen LogP contribution >= 0.6 is 0 Å². The molecule has 2 heterocycles. The lowest BCUT2D eigenvalue weighted by atomic mass is 9.91. The van der Waals surface area contributed by atoms with E-state index in [1.165, 1.54) is 11.1 Å². The zero-order valence-corrected chi connectivity index (χ0v) is 24.5. The van der Waals surface area contributed by atoms with E-state index in [0.717, 1.165) is 59.5 Å². The standard InChI is InChI=1S/C37H38N4O/c1-28-18-19-34-32(24-28)25-33(36(38-34)30-14-8-4-9-15-30)37(31-16-10-5-11-17-31)41(26-29-12-6-3-7-13-29)27-35(42)40-22-20-39(2)21-23-40/h3-19,24-25,37H,20-23,26-27H2,1-2H3. The molecule has 1 fully saturated rings. The predicted octanol–water partition coefficient (Wildman–Crippen LogP) is 6.58. The van der Waals surface area contributed by atoms with Crippen LogP contribution in [0.1, 0.15) is 28.3 Å². The summed E-state index contributed by atoms with van der Waals surface area (Å²) in [6.07, 6.45) is 0. The van der Waals surface area contributed by atoms with Gasteiger partial charge in [0, 0.05) is 49.2 Å². The zero-order chi connectivity index (χ0) is 28.9. The molecule has 212 valence electrons. The molecule has 0 radical (unpaired) electrons. The molecular formula is C37H38N4O. The Hall–Kier alpha value is -4.32. The van der Waals surface area contributed by atoms with E-state index in [9.17, 15) is 4.79 Å². The lowest BCUT2D eigenvalue weighted by molar-refractivity contribution is -0.134. The predicted molar refractivity (Wildman–Crippen MR) is 171 cm³/mol. The number of nitrogens with zero attached hydrogens (tertiary/aromatic N) is 4. The number of rotatable bonds is 8. The number of amides is 1. The lowest BCUT2D eigenvalue weighted by Crippen LogP contribution is -2.50. The van der Waals surface area contributed by atoms with Gasteiger partial charge in [-0.15, -0.1) is 0 Å². The molecule has 1 atom stereocenters. The maximum absolute atomic E-state index is 13.9. The number of likely N-dealkylation sites (N-methyl/N-ethyl adjacent to an activating group) is 1. The summed E-state index contributed by atoms with van der Waals surface area (Å²) in [4.78, 5) is 25.9. The Labute approximate surface area is 249 Å². The van der Waals surface area contributed by atoms with Gasteiger partial charge in [-0.05, 0) is 43.3 Å². The third kappa shape index (κ3) is 6.28. The number of aromatic nitrogens is 1. The Morgan fingerprint density at radius 3 is 2.14 bits per heavy atom. The molecule has 1 aliphatic rings. The number of hydrogen-bond donors (Lipinski definition) is 0. The van der Waals surface area contributed by atoms with Gasteiger partial charge in [-0.1, -0.05) is 103 Å². The molecule has 1 aromatic heterocycles. The van der Waals surface area contributed by atoms with Gasteiger partial charge >= 0.3 is 0 Å². The third-order valence-electron chi connectivity index (χ3n) is 8.24. The fourth-order valence-corrected chi connectivity index (χ4v) is 5.96. The van der Waals surface area contributed by atoms with Gasteiger partial charge in [0.25, 0.3) is 0 Å². The van der Waals surface area contributed by atoms with Gasteiger partial charge in [0.05, 0.1) is 23.8 Å². The highest BCUT2D eigenvalue weighted by Gasteiger charge is 2.30. The smallest absolute Gasteiger partial charge is 0.236 e. The van der Waals surface area contributed by atoms with E-state index in [2.05, 4.69) is 127 Å². The van der Waals surface area contributed by atoms with Crippen LogP contribution in [-0.2, 0) is 11.3 Å². The van der Waals surface area contributed by atoms with Crippen LogP contribution < -0.4 is 0 Å². The van der Waals surface area contributed by atoms with Crippen molar-refractivity contribution in [3.63, 3.8) is 0 Å². The second-order valence-corrected chi connectivity index (χ2v) is 11.4. The summed E-state index contributed by atoms with van der Waals surface area (Å²) in [5, 5.41) is 1.11. The van der Waals surface area contributed by atoms with Crippen LogP contribution in [0.2, 0.25) is 0 Å². The number of pyridine rings is 1. The summed E-state index contributed by atoms with van der Waals surface area (Å²) in [6, 6.07) is 40.1. The van der Waals surface area contributed by atoms with E-state index >= 15 is 0 Å². The fraction of sp³-hybridized carbons (Fsp3) is 0.243. The lowest BCUT2D eigenvalue weighted by Gasteiger charge is -2.37. The Morgan fingerprint density at radius 2 is 1.45 bits per heavy atom. The van der Waals surface area contributed by atoms with Gasteiger partial charge in [0.1, 0.15) is 0 Å². The molecule has 0 saturated carbocycles. The van der Waals surface area contributed by atoms with Gasteiger partial charge in [-0.25, -0.2) is 4.98 Å². The van der Waals surface area contributed by atoms with E-state index in [-0.39, 0.29) is 11.9 Å². The Kier molecular flexibility index (Phi) is 8.40. The van der Waals surface area contributed by atoms with E-state index in [0.29, 0.717) is 13.1 Å². The number of piperazine rings is 1. The first-order valence-electron chi connectivity index (χ1n) is 14.8. The van der Waals surface area contributed by atoms with Crippen molar-refractivity contribution < 1.29 is 4.79 Å². The van der Waals surface area contributed by atoms with Crippen LogP contribution in [0.4, 0.5) is 0 Å². The molecule has 0 N–H and O–H groups in total. The SMILES string of the molecule is Cc1ccc2nc(-c3ccccc3)c(C(c3ccccc3)N(CC(=O)N3CCN(C)CC3)Cc3ccccc3)cc2c1. The highest BCUT2D eigenvalue weighted by molar-refractivity contribution is 5.85. The van der Waals surface area contributed by atoms with Crippen molar-refractivity contribution in [1.82, 2.24) is 19.7 Å². The maximum Gasteiger partial charge on any atom is 0.236 e. The van der Waals surface area contributed by atoms with Gasteiger partial charge in [-0.3, -0.25) is 9.69 Å². The largest absolute Gasteiger partial charge is 0.339 e. The highest BCUT2D eigenvalue weighted by atomic mass is 16.2. The quantitative estimate of drug-likeness (QED) is 0.217. The number of hydrogen-bond acceptors (Lipinski definition) is 4. The van der Waals surface area contributed by atoms with Crippen molar-refractivity contribution in [3.05, 3.63) is 138 Å². The summed E-state index contributed by atoms with van der Waals surface area (Å²) < 4.78 is 0. The number of aryl methyl sites for hydroxylation is 1. The normalized spacial score (nSPS) is 14.8. The van der Waals surface area contributed by atoms with Crippen LogP contribution in [0.5, 0.6) is 0 Å². The third-order valence-corrected chi connectivity index (χ3v) is 8.24. The molecule has 4 aromatic carbocycles. The number of carbonyl (C=O) groups is 1. The summed E-state index contributed by atoms with van der Waals surface area (Å²) in [5.74, 6) is 0.172. The molecule has 6 rings (SSSR count). The second kappa shape index (κ2) is 12.7. The van der Waals surface area contributed by atoms with Crippen molar-refractivity contribution >= 4 is 16.8 Å². The molecule has 5 nitrogen and oxygen atoms in total. The molecule has 5 heteroatoms. The van der Waals surface area contributed by atoms with Gasteiger partial charge in [-0.2, -0.15) is 0 Å². The van der Waals surface area contributed by atoms with Crippen LogP contribution in [0.3, 0.4) is 0 Å². The molecular weight excluding hydrogens is 516 g/mol. The minimum Gasteiger partial charge on any atom is -0.339 e. The molecule has 1 saturated heterocycles. The number of carbonyl (C=O) groups excluding carboxylic acids is 1. The van der Waals surface area contributed by atoms with Gasteiger partial charge < -0.3 is 9.80 Å². The summed E-state index contributed by atoms with van der Waals surface area (Å²) in [5.41, 5.74) is 7.61. The summed E-state index contributed by atoms with van der Waals surface area (Å²) in [6.45, 7) is 6.40. The van der Waals surface area contributed by atoms with Crippen LogP contribution in [0.15, 0.2) is 115 Å². The summed E-state index contributed by atoms with van der Waals surface area (Å²) >= 11 is 0. The van der Waals surface area contributed by atoms with E-state index in [4.69, 9.17) is 4.98 Å². The molecule has 0 aliphatic carbocycles. The van der Waals surface area contributed by atoms with Gasteiger partial charge in [0.2, 0.25) is 5.91 Å². The molecule has 42 heavy (non-hydrogen) atoms. The monoisotopic (exact) mass is 554 g/mol. The first-order valence-corrected chi connectivity index (χ1v) is 14.8. The zero-order valence-electron chi connectivity index (χ0n) is 24.5. The first-order chi connectivity index (χ1) is 20.5. The Balaban J connectivity index is 1.52. The minimum atomic E-state index is -0.185. The topological polar surface area (TPSA) is 39.7 Å². The average Bonchev–Trinajstić information content (AvgIpc) is 3.02. The average molecular weight is 555 g/mol. The molecule has 5 aromatic rings. The van der Waals surface area contributed by atoms with E-state index < -0.39 is 0 Å². The van der Waals surface area contributed by atoms with Crippen molar-refractivity contribution in [2.75, 3.05) is 39.8 Å². The molecule has 1 unspecified atom stereocenters. The number of fused-ring (bicyclic) bond motifs is 1. The first kappa shape index (κ1) is 27.8. The van der Waals surface area contributed by atoms with Crippen molar-refractivity contribution in [1.29, 1.82) is 0 Å². The van der Waals surface area contributed by atoms with Crippen LogP contribution in [0, 0.1) is 6.92 Å².